The highest BCUT2D eigenvalue weighted by atomic mass is 35.5. The highest BCUT2D eigenvalue weighted by molar-refractivity contribution is 6.34. The fourth-order valence-corrected chi connectivity index (χ4v) is 5.63. The molecule has 0 aliphatic carbocycles. The molecule has 5 N–H and O–H groups in total. The van der Waals surface area contributed by atoms with E-state index in [2.05, 4.69) is 38.2 Å². The van der Waals surface area contributed by atoms with E-state index >= 15 is 0 Å². The minimum absolute atomic E-state index is 0.0456. The van der Waals surface area contributed by atoms with Gasteiger partial charge in [0, 0.05) is 25.2 Å². The van der Waals surface area contributed by atoms with E-state index in [1.54, 1.807) is 7.11 Å². The smallest absolute Gasteiger partial charge is 0.405 e. The predicted octanol–water partition coefficient (Wildman–Crippen LogP) is 3.12. The quantitative estimate of drug-likeness (QED) is 0.184. The molecule has 1 aliphatic heterocycles. The van der Waals surface area contributed by atoms with Gasteiger partial charge in [-0.1, -0.05) is 23.7 Å². The van der Waals surface area contributed by atoms with Crippen LogP contribution in [0.25, 0.3) is 5.65 Å². The van der Waals surface area contributed by atoms with Crippen molar-refractivity contribution < 1.29 is 19.7 Å². The second kappa shape index (κ2) is 12.6. The van der Waals surface area contributed by atoms with Crippen LogP contribution in [0.15, 0.2) is 42.6 Å². The van der Waals surface area contributed by atoms with Crippen molar-refractivity contribution in [1.82, 2.24) is 30.2 Å². The van der Waals surface area contributed by atoms with Crippen LogP contribution in [0.1, 0.15) is 35.7 Å². The first kappa shape index (κ1) is 30.3. The highest BCUT2D eigenvalue weighted by Crippen LogP contribution is 2.41. The Morgan fingerprint density at radius 1 is 1.30 bits per heavy atom. The van der Waals surface area contributed by atoms with Gasteiger partial charge in [0.05, 0.1) is 47.3 Å². The van der Waals surface area contributed by atoms with Crippen LogP contribution >= 0.6 is 11.6 Å². The van der Waals surface area contributed by atoms with Gasteiger partial charge in [-0.25, -0.2) is 9.78 Å². The molecule has 226 valence electrons. The second-order valence-electron chi connectivity index (χ2n) is 10.1. The lowest BCUT2D eigenvalue weighted by Gasteiger charge is -2.42. The molecule has 1 fully saturated rings. The van der Waals surface area contributed by atoms with Crippen molar-refractivity contribution in [2.75, 3.05) is 37.0 Å². The Kier molecular flexibility index (Phi) is 8.69. The van der Waals surface area contributed by atoms with Crippen molar-refractivity contribution in [3.63, 3.8) is 0 Å². The molecule has 0 bridgehead atoms. The Labute approximate surface area is 257 Å². The number of carboxylic acid groups (broad SMARTS) is 1. The molecule has 1 amide bonds. The molecule has 0 saturated carbocycles. The average Bonchev–Trinajstić information content (AvgIpc) is 3.45. The summed E-state index contributed by atoms with van der Waals surface area (Å²) in [4.78, 5) is 23.0. The van der Waals surface area contributed by atoms with Gasteiger partial charge in [-0.05, 0) is 49.7 Å². The Morgan fingerprint density at radius 3 is 2.70 bits per heavy atom. The maximum atomic E-state index is 11.9. The molecular formula is C29H29ClN10O4. The van der Waals surface area contributed by atoms with Crippen LogP contribution in [-0.4, -0.2) is 68.7 Å². The van der Waals surface area contributed by atoms with Crippen LogP contribution in [0.5, 0.6) is 5.75 Å². The van der Waals surface area contributed by atoms with Crippen molar-refractivity contribution in [1.29, 1.82) is 10.5 Å². The number of piperidine rings is 1. The zero-order chi connectivity index (χ0) is 31.4. The summed E-state index contributed by atoms with van der Waals surface area (Å²) in [6, 6.07) is 14.7. The topological polar surface area (TPSA) is 197 Å². The van der Waals surface area contributed by atoms with E-state index in [0.29, 0.717) is 31.1 Å². The number of aliphatic hydroxyl groups is 1. The number of aromatic nitrogens is 4. The third-order valence-electron chi connectivity index (χ3n) is 7.53. The number of rotatable bonds is 9. The van der Waals surface area contributed by atoms with Gasteiger partial charge < -0.3 is 35.8 Å². The molecule has 0 radical (unpaired) electrons. The molecule has 3 heterocycles. The maximum Gasteiger partial charge on any atom is 0.405 e. The Balaban J connectivity index is 1.61. The van der Waals surface area contributed by atoms with Gasteiger partial charge in [-0.3, -0.25) is 0 Å². The monoisotopic (exact) mass is 616 g/mol. The molecule has 2 atom stereocenters. The molecule has 14 nitrogen and oxygen atoms in total. The summed E-state index contributed by atoms with van der Waals surface area (Å²) in [6.45, 7) is 3.47. The molecule has 2 aromatic carbocycles. The number of benzene rings is 2. The minimum atomic E-state index is -1.48. The number of ether oxygens (including phenoxy) is 1. The van der Waals surface area contributed by atoms with Gasteiger partial charge in [-0.2, -0.15) is 20.0 Å². The molecule has 0 unspecified atom stereocenters. The van der Waals surface area contributed by atoms with Crippen molar-refractivity contribution in [2.45, 2.75) is 31.5 Å². The number of hydrogen-bond donors (Lipinski definition) is 5. The van der Waals surface area contributed by atoms with Gasteiger partial charge in [-0.15, -0.1) is 5.10 Å². The number of imidazole rings is 1. The number of β-amino-alcohol motifs (C(OH)–C–C–N with tert-alkyl or cyclic N) is 1. The zero-order valence-electron chi connectivity index (χ0n) is 23.9. The number of aliphatic hydroxyl groups excluding tert-OH is 1. The van der Waals surface area contributed by atoms with Gasteiger partial charge in [0.2, 0.25) is 5.95 Å². The van der Waals surface area contributed by atoms with E-state index in [1.165, 1.54) is 22.8 Å². The standard InChI is InChI=1S/C29H29ClN10O4/c1-3-39(16-17-4-6-20(44-2)7-5-17)26-25-34-14-19(13-32)40(25)38-27(36-26)35-22-11-18(12-31)10-21(24(22)30)29(37-28(42)43)8-9-33-15-23(29)41/h4-7,10-11,14,23,33,37,41H,3,8-9,15-16H2,1-2H3,(H,35,38)(H,42,43)/t23-,29-/m1/s1. The summed E-state index contributed by atoms with van der Waals surface area (Å²) in [7, 11) is 1.60. The summed E-state index contributed by atoms with van der Waals surface area (Å²) in [5.41, 5.74) is 0.643. The number of nitriles is 2. The van der Waals surface area contributed by atoms with Crippen molar-refractivity contribution in [3.8, 4) is 17.9 Å². The first-order valence-electron chi connectivity index (χ1n) is 13.7. The molecule has 1 saturated heterocycles. The SMILES string of the molecule is CCN(Cc1ccc(OC)cc1)c1nc(Nc2cc(C#N)cc([C@]3(NC(=O)O)CCNC[C@H]3O)c2Cl)nn2c(C#N)cnc12. The van der Waals surface area contributed by atoms with E-state index in [1.807, 2.05) is 36.1 Å². The van der Waals surface area contributed by atoms with Crippen molar-refractivity contribution in [3.05, 3.63) is 70.0 Å². The maximum absolute atomic E-state index is 11.9. The van der Waals surface area contributed by atoms with Crippen molar-refractivity contribution >= 4 is 40.8 Å². The van der Waals surface area contributed by atoms with Gasteiger partial charge in [0.15, 0.2) is 17.2 Å². The number of methoxy groups -OCH3 is 1. The van der Waals surface area contributed by atoms with Gasteiger partial charge in [0.1, 0.15) is 11.8 Å². The van der Waals surface area contributed by atoms with Crippen LogP contribution in [0, 0.1) is 22.7 Å². The summed E-state index contributed by atoms with van der Waals surface area (Å²) < 4.78 is 6.64. The van der Waals surface area contributed by atoms with E-state index in [4.69, 9.17) is 21.3 Å². The molecular weight excluding hydrogens is 588 g/mol. The number of hydrogen-bond acceptors (Lipinski definition) is 11. The van der Waals surface area contributed by atoms with Crippen LogP contribution in [0.3, 0.4) is 0 Å². The molecule has 4 aromatic rings. The lowest BCUT2D eigenvalue weighted by atomic mass is 9.78. The van der Waals surface area contributed by atoms with E-state index in [0.717, 1.165) is 11.3 Å². The first-order valence-corrected chi connectivity index (χ1v) is 14.1. The minimum Gasteiger partial charge on any atom is -0.497 e. The largest absolute Gasteiger partial charge is 0.497 e. The fraction of sp³-hybridized carbons (Fsp3) is 0.310. The number of halogens is 1. The van der Waals surface area contributed by atoms with Crippen LogP contribution in [-0.2, 0) is 12.1 Å². The molecule has 5 rings (SSSR count). The zero-order valence-corrected chi connectivity index (χ0v) is 24.6. The Hall–Kier alpha value is -5.15. The molecule has 2 aromatic heterocycles. The van der Waals surface area contributed by atoms with Crippen LogP contribution in [0.2, 0.25) is 5.02 Å². The summed E-state index contributed by atoms with van der Waals surface area (Å²) in [5.74, 6) is 1.21. The van der Waals surface area contributed by atoms with Gasteiger partial charge in [0.25, 0.3) is 0 Å². The molecule has 1 aliphatic rings. The van der Waals surface area contributed by atoms with Crippen molar-refractivity contribution in [2.24, 2.45) is 0 Å². The summed E-state index contributed by atoms with van der Waals surface area (Å²) in [5, 5.41) is 53.3. The number of anilines is 3. The van der Waals surface area contributed by atoms with Crippen LogP contribution < -0.4 is 25.6 Å². The predicted molar refractivity (Wildman–Crippen MR) is 161 cm³/mol. The summed E-state index contributed by atoms with van der Waals surface area (Å²) in [6.07, 6.45) is -0.942. The van der Waals surface area contributed by atoms with Crippen LogP contribution in [0.4, 0.5) is 22.2 Å². The Bertz CT molecular complexity index is 1780. The molecule has 15 heteroatoms. The number of amides is 1. The van der Waals surface area contributed by atoms with E-state index < -0.39 is 17.7 Å². The highest BCUT2D eigenvalue weighted by Gasteiger charge is 2.45. The van der Waals surface area contributed by atoms with E-state index in [-0.39, 0.29) is 46.4 Å². The third kappa shape index (κ3) is 5.74. The lowest BCUT2D eigenvalue weighted by molar-refractivity contribution is 0.0326. The fourth-order valence-electron chi connectivity index (χ4n) is 5.30. The van der Waals surface area contributed by atoms with Gasteiger partial charge >= 0.3 is 6.09 Å². The Morgan fingerprint density at radius 2 is 2.07 bits per heavy atom. The summed E-state index contributed by atoms with van der Waals surface area (Å²) >= 11 is 6.89. The molecule has 44 heavy (non-hydrogen) atoms. The number of nitrogens with zero attached hydrogens (tertiary/aromatic N) is 7. The number of nitrogens with one attached hydrogen (secondary N) is 3. The molecule has 0 spiro atoms. The third-order valence-corrected chi connectivity index (χ3v) is 7.94. The number of fused-ring (bicyclic) bond motifs is 1. The van der Waals surface area contributed by atoms with E-state index in [9.17, 15) is 25.5 Å². The first-order chi connectivity index (χ1) is 21.2. The lowest BCUT2D eigenvalue weighted by Crippen LogP contribution is -2.61. The average molecular weight is 617 g/mol. The number of carbonyl (C=O) groups is 1. The second-order valence-corrected chi connectivity index (χ2v) is 10.5. The normalized spacial score (nSPS) is 17.8.